The number of carbonyl (C=O) groups excluding carboxylic acids is 1. The van der Waals surface area contributed by atoms with Crippen molar-refractivity contribution in [1.82, 2.24) is 5.32 Å². The van der Waals surface area contributed by atoms with Gasteiger partial charge >= 0.3 is 0 Å². The van der Waals surface area contributed by atoms with Crippen molar-refractivity contribution in [3.05, 3.63) is 71.5 Å². The number of rotatable bonds is 4. The number of nitrogens with one attached hydrogen (secondary N) is 1. The molecule has 0 aromatic heterocycles. The van der Waals surface area contributed by atoms with E-state index in [0.717, 1.165) is 12.0 Å². The Morgan fingerprint density at radius 2 is 1.74 bits per heavy atom. The van der Waals surface area contributed by atoms with Gasteiger partial charge < -0.3 is 5.32 Å². The highest BCUT2D eigenvalue weighted by Crippen LogP contribution is 2.16. The van der Waals surface area contributed by atoms with Crippen LogP contribution in [0.25, 0.3) is 0 Å². The third kappa shape index (κ3) is 3.41. The lowest BCUT2D eigenvalue weighted by Crippen LogP contribution is -2.28. The van der Waals surface area contributed by atoms with Crippen LogP contribution in [0, 0.1) is 5.82 Å². The average molecular weight is 257 g/mol. The predicted octanol–water partition coefficient (Wildman–Crippen LogP) is 3.71. The Hall–Kier alpha value is -2.16. The molecule has 2 rings (SSSR count). The van der Waals surface area contributed by atoms with Crippen LogP contribution in [0.4, 0.5) is 4.39 Å². The SMILES string of the molecule is CC[C@@H](NC(=O)c1ccc(F)cc1)c1ccccc1. The topological polar surface area (TPSA) is 29.1 Å². The summed E-state index contributed by atoms with van der Waals surface area (Å²) in [5.74, 6) is -0.526. The van der Waals surface area contributed by atoms with Gasteiger partial charge in [-0.15, -0.1) is 0 Å². The minimum atomic E-state index is -0.341. The Labute approximate surface area is 112 Å². The van der Waals surface area contributed by atoms with Gasteiger partial charge in [0, 0.05) is 5.56 Å². The van der Waals surface area contributed by atoms with Crippen molar-refractivity contribution in [1.29, 1.82) is 0 Å². The van der Waals surface area contributed by atoms with Crippen molar-refractivity contribution in [2.75, 3.05) is 0 Å². The molecule has 2 aromatic carbocycles. The average Bonchev–Trinajstić information content (AvgIpc) is 2.46. The van der Waals surface area contributed by atoms with Crippen molar-refractivity contribution in [3.8, 4) is 0 Å². The van der Waals surface area contributed by atoms with E-state index in [9.17, 15) is 9.18 Å². The van der Waals surface area contributed by atoms with E-state index >= 15 is 0 Å². The lowest BCUT2D eigenvalue weighted by Gasteiger charge is -2.17. The zero-order chi connectivity index (χ0) is 13.7. The fourth-order valence-corrected chi connectivity index (χ4v) is 1.95. The molecule has 0 heterocycles. The third-order valence-electron chi connectivity index (χ3n) is 3.02. The number of hydrogen-bond acceptors (Lipinski definition) is 1. The van der Waals surface area contributed by atoms with Crippen molar-refractivity contribution in [2.45, 2.75) is 19.4 Å². The van der Waals surface area contributed by atoms with E-state index in [1.165, 1.54) is 24.3 Å². The van der Waals surface area contributed by atoms with Gasteiger partial charge in [-0.05, 0) is 36.2 Å². The molecule has 1 atom stereocenters. The molecule has 0 radical (unpaired) electrons. The molecule has 3 heteroatoms. The van der Waals surface area contributed by atoms with Crippen LogP contribution in [-0.4, -0.2) is 5.91 Å². The monoisotopic (exact) mass is 257 g/mol. The Morgan fingerprint density at radius 3 is 2.32 bits per heavy atom. The van der Waals surface area contributed by atoms with Gasteiger partial charge in [-0.3, -0.25) is 4.79 Å². The number of hydrogen-bond donors (Lipinski definition) is 1. The maximum Gasteiger partial charge on any atom is 0.251 e. The fourth-order valence-electron chi connectivity index (χ4n) is 1.95. The molecule has 1 N–H and O–H groups in total. The molecule has 0 bridgehead atoms. The predicted molar refractivity (Wildman–Crippen MR) is 73.3 cm³/mol. The van der Waals surface area contributed by atoms with Gasteiger partial charge in [0.1, 0.15) is 5.82 Å². The summed E-state index contributed by atoms with van der Waals surface area (Å²) in [5.41, 5.74) is 1.54. The highest BCUT2D eigenvalue weighted by molar-refractivity contribution is 5.94. The molecule has 0 saturated carbocycles. The van der Waals surface area contributed by atoms with Gasteiger partial charge in [0.25, 0.3) is 5.91 Å². The zero-order valence-electron chi connectivity index (χ0n) is 10.8. The Morgan fingerprint density at radius 1 is 1.11 bits per heavy atom. The summed E-state index contributed by atoms with van der Waals surface area (Å²) in [4.78, 5) is 12.1. The molecular weight excluding hydrogens is 241 g/mol. The summed E-state index contributed by atoms with van der Waals surface area (Å²) in [7, 11) is 0. The van der Waals surface area contributed by atoms with Gasteiger partial charge in [-0.25, -0.2) is 4.39 Å². The standard InChI is InChI=1S/C16H16FNO/c1-2-15(12-6-4-3-5-7-12)18-16(19)13-8-10-14(17)11-9-13/h3-11,15H,2H2,1H3,(H,18,19)/t15-/m1/s1. The molecule has 1 amide bonds. The molecule has 2 aromatic rings. The quantitative estimate of drug-likeness (QED) is 0.888. The van der Waals surface area contributed by atoms with Crippen LogP contribution in [0.1, 0.15) is 35.3 Å². The summed E-state index contributed by atoms with van der Waals surface area (Å²) in [6, 6.07) is 15.3. The molecule has 0 aliphatic heterocycles. The summed E-state index contributed by atoms with van der Waals surface area (Å²) in [5, 5.41) is 2.96. The van der Waals surface area contributed by atoms with Crippen LogP contribution >= 0.6 is 0 Å². The van der Waals surface area contributed by atoms with Crippen LogP contribution < -0.4 is 5.32 Å². The van der Waals surface area contributed by atoms with Gasteiger partial charge in [-0.1, -0.05) is 37.3 Å². The van der Waals surface area contributed by atoms with E-state index in [1.807, 2.05) is 37.3 Å². The Bertz CT molecular complexity index is 536. The van der Waals surface area contributed by atoms with Gasteiger partial charge in [-0.2, -0.15) is 0 Å². The number of amides is 1. The lowest BCUT2D eigenvalue weighted by atomic mass is 10.0. The van der Waals surface area contributed by atoms with Crippen molar-refractivity contribution in [3.63, 3.8) is 0 Å². The van der Waals surface area contributed by atoms with Crippen molar-refractivity contribution in [2.24, 2.45) is 0 Å². The van der Waals surface area contributed by atoms with Crippen LogP contribution in [0.15, 0.2) is 54.6 Å². The molecule has 0 aliphatic carbocycles. The molecule has 0 unspecified atom stereocenters. The summed E-state index contributed by atoms with van der Waals surface area (Å²) in [6.07, 6.45) is 0.803. The Balaban J connectivity index is 2.10. The minimum Gasteiger partial charge on any atom is -0.345 e. The number of carbonyl (C=O) groups is 1. The summed E-state index contributed by atoms with van der Waals surface area (Å²) < 4.78 is 12.8. The normalized spacial score (nSPS) is 11.9. The molecule has 98 valence electrons. The first-order chi connectivity index (χ1) is 9.20. The van der Waals surface area contributed by atoms with Gasteiger partial charge in [0.2, 0.25) is 0 Å². The first kappa shape index (κ1) is 13.3. The summed E-state index contributed by atoms with van der Waals surface area (Å²) in [6.45, 7) is 2.02. The summed E-state index contributed by atoms with van der Waals surface area (Å²) >= 11 is 0. The van der Waals surface area contributed by atoms with E-state index in [1.54, 1.807) is 0 Å². The molecule has 0 aliphatic rings. The molecule has 0 saturated heterocycles. The van der Waals surface area contributed by atoms with Gasteiger partial charge in [0.05, 0.1) is 6.04 Å². The fraction of sp³-hybridized carbons (Fsp3) is 0.188. The third-order valence-corrected chi connectivity index (χ3v) is 3.02. The van der Waals surface area contributed by atoms with E-state index in [4.69, 9.17) is 0 Å². The van der Waals surface area contributed by atoms with E-state index in [2.05, 4.69) is 5.32 Å². The largest absolute Gasteiger partial charge is 0.345 e. The second-order valence-corrected chi connectivity index (χ2v) is 4.35. The van der Waals surface area contributed by atoms with E-state index < -0.39 is 0 Å². The molecule has 0 spiro atoms. The Kier molecular flexibility index (Phi) is 4.29. The zero-order valence-corrected chi connectivity index (χ0v) is 10.8. The van der Waals surface area contributed by atoms with Crippen molar-refractivity contribution < 1.29 is 9.18 Å². The molecule has 2 nitrogen and oxygen atoms in total. The van der Waals surface area contributed by atoms with Crippen LogP contribution in [-0.2, 0) is 0 Å². The lowest BCUT2D eigenvalue weighted by molar-refractivity contribution is 0.0935. The number of halogens is 1. The molecular formula is C16H16FNO. The van der Waals surface area contributed by atoms with E-state index in [0.29, 0.717) is 5.56 Å². The maximum absolute atomic E-state index is 12.8. The minimum absolute atomic E-state index is 0.0289. The highest BCUT2D eigenvalue weighted by Gasteiger charge is 2.13. The number of benzene rings is 2. The van der Waals surface area contributed by atoms with Gasteiger partial charge in [0.15, 0.2) is 0 Å². The highest BCUT2D eigenvalue weighted by atomic mass is 19.1. The first-order valence-corrected chi connectivity index (χ1v) is 6.32. The molecule has 19 heavy (non-hydrogen) atoms. The smallest absolute Gasteiger partial charge is 0.251 e. The second-order valence-electron chi connectivity index (χ2n) is 4.35. The second kappa shape index (κ2) is 6.14. The van der Waals surface area contributed by atoms with Crippen LogP contribution in [0.3, 0.4) is 0 Å². The molecule has 0 fully saturated rings. The van der Waals surface area contributed by atoms with E-state index in [-0.39, 0.29) is 17.8 Å². The first-order valence-electron chi connectivity index (χ1n) is 6.32. The maximum atomic E-state index is 12.8. The van der Waals surface area contributed by atoms with Crippen molar-refractivity contribution >= 4 is 5.91 Å². The van der Waals surface area contributed by atoms with Crippen LogP contribution in [0.2, 0.25) is 0 Å². The van der Waals surface area contributed by atoms with Crippen LogP contribution in [0.5, 0.6) is 0 Å².